The first-order chi connectivity index (χ1) is 19.1. The highest BCUT2D eigenvalue weighted by atomic mass is 35.5. The SMILES string of the molecule is CC(/N=C(\N=C(/N)c1cccc2oc3cc(Cl)ccc3c12)c1ccc(-c2ccccc2)cc1)c1ccccc1. The van der Waals surface area contributed by atoms with Crippen molar-refractivity contribution in [3.05, 3.63) is 143 Å². The minimum Gasteiger partial charge on any atom is -0.456 e. The average Bonchev–Trinajstić information content (AvgIpc) is 3.35. The van der Waals surface area contributed by atoms with Crippen molar-refractivity contribution in [3.8, 4) is 11.1 Å². The Hall–Kier alpha value is -4.67. The molecule has 6 aromatic rings. The fourth-order valence-corrected chi connectivity index (χ4v) is 4.95. The fourth-order valence-electron chi connectivity index (χ4n) is 4.79. The molecule has 2 N–H and O–H groups in total. The molecule has 5 heteroatoms. The van der Waals surface area contributed by atoms with E-state index in [1.54, 1.807) is 0 Å². The first-order valence-electron chi connectivity index (χ1n) is 12.8. The van der Waals surface area contributed by atoms with Crippen molar-refractivity contribution in [1.82, 2.24) is 0 Å². The highest BCUT2D eigenvalue weighted by Gasteiger charge is 2.15. The van der Waals surface area contributed by atoms with E-state index in [2.05, 4.69) is 43.3 Å². The van der Waals surface area contributed by atoms with E-state index in [1.807, 2.05) is 84.9 Å². The number of fused-ring (bicyclic) bond motifs is 3. The molecule has 1 aromatic heterocycles. The predicted octanol–water partition coefficient (Wildman–Crippen LogP) is 8.82. The van der Waals surface area contributed by atoms with Gasteiger partial charge in [0.15, 0.2) is 5.84 Å². The minimum atomic E-state index is -0.112. The third-order valence-electron chi connectivity index (χ3n) is 6.81. The first kappa shape index (κ1) is 24.7. The Labute approximate surface area is 232 Å². The number of hydrogen-bond acceptors (Lipinski definition) is 2. The molecule has 0 aliphatic carbocycles. The van der Waals surface area contributed by atoms with E-state index < -0.39 is 0 Å². The van der Waals surface area contributed by atoms with Crippen LogP contribution in [0.4, 0.5) is 0 Å². The van der Waals surface area contributed by atoms with Crippen LogP contribution in [0.3, 0.4) is 0 Å². The maximum Gasteiger partial charge on any atom is 0.157 e. The van der Waals surface area contributed by atoms with Gasteiger partial charge in [0.1, 0.15) is 17.0 Å². The van der Waals surface area contributed by atoms with Crippen molar-refractivity contribution in [2.45, 2.75) is 13.0 Å². The molecule has 4 nitrogen and oxygen atoms in total. The zero-order chi connectivity index (χ0) is 26.8. The lowest BCUT2D eigenvalue weighted by molar-refractivity contribution is 0.669. The van der Waals surface area contributed by atoms with Gasteiger partial charge in [-0.3, -0.25) is 4.99 Å². The van der Waals surface area contributed by atoms with E-state index >= 15 is 0 Å². The van der Waals surface area contributed by atoms with E-state index in [9.17, 15) is 0 Å². The summed E-state index contributed by atoms with van der Waals surface area (Å²) in [6.07, 6.45) is 0. The lowest BCUT2D eigenvalue weighted by Gasteiger charge is -2.11. The minimum absolute atomic E-state index is 0.112. The summed E-state index contributed by atoms with van der Waals surface area (Å²) >= 11 is 6.21. The molecule has 0 aliphatic rings. The number of amidine groups is 2. The second-order valence-corrected chi connectivity index (χ2v) is 9.84. The second kappa shape index (κ2) is 10.6. The molecule has 0 saturated carbocycles. The molecule has 0 bridgehead atoms. The first-order valence-corrected chi connectivity index (χ1v) is 13.2. The van der Waals surface area contributed by atoms with Gasteiger partial charge in [-0.15, -0.1) is 0 Å². The molecule has 0 aliphatic heterocycles. The van der Waals surface area contributed by atoms with Crippen LogP contribution in [-0.2, 0) is 0 Å². The Morgan fingerprint density at radius 2 is 1.44 bits per heavy atom. The summed E-state index contributed by atoms with van der Waals surface area (Å²) in [5.41, 5.74) is 13.2. The van der Waals surface area contributed by atoms with Crippen molar-refractivity contribution in [1.29, 1.82) is 0 Å². The third kappa shape index (κ3) is 5.07. The van der Waals surface area contributed by atoms with Crippen molar-refractivity contribution in [2.24, 2.45) is 15.7 Å². The van der Waals surface area contributed by atoms with Gasteiger partial charge in [-0.2, -0.15) is 0 Å². The smallest absolute Gasteiger partial charge is 0.157 e. The van der Waals surface area contributed by atoms with E-state index in [0.717, 1.165) is 44.2 Å². The number of benzene rings is 5. The topological polar surface area (TPSA) is 63.9 Å². The number of furan rings is 1. The third-order valence-corrected chi connectivity index (χ3v) is 7.04. The number of rotatable bonds is 5. The van der Waals surface area contributed by atoms with Crippen molar-refractivity contribution in [3.63, 3.8) is 0 Å². The van der Waals surface area contributed by atoms with Crippen LogP contribution in [0.5, 0.6) is 0 Å². The maximum absolute atomic E-state index is 6.72. The van der Waals surface area contributed by atoms with Gasteiger partial charge in [0, 0.05) is 33.0 Å². The summed E-state index contributed by atoms with van der Waals surface area (Å²) in [7, 11) is 0. The van der Waals surface area contributed by atoms with Crippen LogP contribution >= 0.6 is 11.6 Å². The lowest BCUT2D eigenvalue weighted by atomic mass is 10.0. The Bertz CT molecular complexity index is 1820. The second-order valence-electron chi connectivity index (χ2n) is 9.40. The van der Waals surface area contributed by atoms with E-state index in [4.69, 9.17) is 31.7 Å². The molecule has 0 saturated heterocycles. The summed E-state index contributed by atoms with van der Waals surface area (Å²) in [5.74, 6) is 0.931. The molecule has 190 valence electrons. The summed E-state index contributed by atoms with van der Waals surface area (Å²) < 4.78 is 6.07. The molecule has 1 unspecified atom stereocenters. The van der Waals surface area contributed by atoms with Crippen LogP contribution in [-0.4, -0.2) is 11.7 Å². The summed E-state index contributed by atoms with van der Waals surface area (Å²) in [6.45, 7) is 2.06. The quantitative estimate of drug-likeness (QED) is 0.180. The Morgan fingerprint density at radius 1 is 0.744 bits per heavy atom. The Kier molecular flexibility index (Phi) is 6.70. The Balaban J connectivity index is 1.46. The van der Waals surface area contributed by atoms with Crippen molar-refractivity contribution in [2.75, 3.05) is 0 Å². The zero-order valence-corrected chi connectivity index (χ0v) is 22.1. The summed E-state index contributed by atoms with van der Waals surface area (Å²) in [6, 6.07) is 40.1. The van der Waals surface area contributed by atoms with Gasteiger partial charge in [-0.1, -0.05) is 109 Å². The van der Waals surface area contributed by atoms with Crippen molar-refractivity contribution >= 4 is 45.2 Å². The molecule has 6 rings (SSSR count). The number of halogens is 1. The number of nitrogens with zero attached hydrogens (tertiary/aromatic N) is 2. The fraction of sp³-hybridized carbons (Fsp3) is 0.0588. The molecule has 0 spiro atoms. The molecular weight excluding hydrogens is 502 g/mol. The molecule has 0 fully saturated rings. The highest BCUT2D eigenvalue weighted by Crippen LogP contribution is 2.33. The van der Waals surface area contributed by atoms with Gasteiger partial charge in [0.05, 0.1) is 6.04 Å². The number of aliphatic imine (C=N–C) groups is 2. The Morgan fingerprint density at radius 3 is 2.18 bits per heavy atom. The molecule has 1 atom stereocenters. The molecule has 0 radical (unpaired) electrons. The molecule has 0 amide bonds. The predicted molar refractivity (Wildman–Crippen MR) is 163 cm³/mol. The van der Waals surface area contributed by atoms with Gasteiger partial charge >= 0.3 is 0 Å². The van der Waals surface area contributed by atoms with Gasteiger partial charge in [-0.25, -0.2) is 4.99 Å². The monoisotopic (exact) mass is 527 g/mol. The van der Waals surface area contributed by atoms with Crippen LogP contribution in [0.15, 0.2) is 136 Å². The van der Waals surface area contributed by atoms with E-state index in [0.29, 0.717) is 22.3 Å². The van der Waals surface area contributed by atoms with Crippen LogP contribution in [0, 0.1) is 0 Å². The van der Waals surface area contributed by atoms with Crippen LogP contribution in [0.25, 0.3) is 33.1 Å². The molecular formula is C34H26ClN3O. The normalized spacial score (nSPS) is 13.2. The summed E-state index contributed by atoms with van der Waals surface area (Å²) in [5, 5.41) is 2.46. The average molecular weight is 528 g/mol. The van der Waals surface area contributed by atoms with Gasteiger partial charge in [0.25, 0.3) is 0 Å². The van der Waals surface area contributed by atoms with Crippen LogP contribution in [0.1, 0.15) is 29.7 Å². The zero-order valence-electron chi connectivity index (χ0n) is 21.4. The summed E-state index contributed by atoms with van der Waals surface area (Å²) in [4.78, 5) is 9.95. The van der Waals surface area contributed by atoms with Crippen molar-refractivity contribution < 1.29 is 4.42 Å². The lowest BCUT2D eigenvalue weighted by Crippen LogP contribution is -2.17. The standard InChI is InChI=1S/C34H26ClN3O/c1-22(23-9-4-2-5-10-23)37-34(26-17-15-25(16-18-26)24-11-6-3-7-12-24)38-33(36)29-13-8-14-30-32(29)28-20-19-27(35)21-31(28)39-30/h2-22H,1H3,(H2,36,37,38). The largest absolute Gasteiger partial charge is 0.456 e. The van der Waals surface area contributed by atoms with Crippen LogP contribution < -0.4 is 5.73 Å². The molecule has 39 heavy (non-hydrogen) atoms. The van der Waals surface area contributed by atoms with Gasteiger partial charge < -0.3 is 10.2 Å². The highest BCUT2D eigenvalue weighted by molar-refractivity contribution is 6.31. The van der Waals surface area contributed by atoms with E-state index in [-0.39, 0.29) is 6.04 Å². The molecule has 1 heterocycles. The molecule has 5 aromatic carbocycles. The van der Waals surface area contributed by atoms with Gasteiger partial charge in [0.2, 0.25) is 0 Å². The van der Waals surface area contributed by atoms with E-state index in [1.165, 1.54) is 0 Å². The number of hydrogen-bond donors (Lipinski definition) is 1. The number of nitrogens with two attached hydrogens (primary N) is 1. The van der Waals surface area contributed by atoms with Crippen LogP contribution in [0.2, 0.25) is 5.02 Å². The van der Waals surface area contributed by atoms with Gasteiger partial charge in [-0.05, 0) is 41.8 Å². The maximum atomic E-state index is 6.72.